The maximum Gasteiger partial charge on any atom is 0.341 e. The molecule has 9 heteroatoms. The second-order valence-corrected chi connectivity index (χ2v) is 8.32. The molecule has 2 amide bonds. The lowest BCUT2D eigenvalue weighted by molar-refractivity contribution is -0.139. The minimum absolute atomic E-state index is 0.206. The first-order valence-corrected chi connectivity index (χ1v) is 10.4. The van der Waals surface area contributed by atoms with Gasteiger partial charge in [0, 0.05) is 0 Å². The van der Waals surface area contributed by atoms with Gasteiger partial charge >= 0.3 is 5.97 Å². The number of ether oxygens (including phenoxy) is 2. The third kappa shape index (κ3) is 5.03. The minimum atomic E-state index is -1.12. The summed E-state index contributed by atoms with van der Waals surface area (Å²) in [4.78, 5) is 37.4. The Balaban J connectivity index is 1.83. The maximum absolute atomic E-state index is 12.8. The van der Waals surface area contributed by atoms with Crippen molar-refractivity contribution < 1.29 is 29.0 Å². The molecule has 1 saturated heterocycles. The summed E-state index contributed by atoms with van der Waals surface area (Å²) in [6, 6.07) is 10.9. The SMILES string of the molecule is COc1cc(/C=C2\SC(=O)N(Cc3ccc(C)cc3)C2=O)cc(Br)c1OCC(=O)O. The number of rotatable bonds is 7. The van der Waals surface area contributed by atoms with Crippen LogP contribution >= 0.6 is 27.7 Å². The highest BCUT2D eigenvalue weighted by molar-refractivity contribution is 9.10. The summed E-state index contributed by atoms with van der Waals surface area (Å²) in [6.07, 6.45) is 1.59. The highest BCUT2D eigenvalue weighted by atomic mass is 79.9. The van der Waals surface area contributed by atoms with Gasteiger partial charge in [-0.2, -0.15) is 0 Å². The largest absolute Gasteiger partial charge is 0.493 e. The fourth-order valence-corrected chi connectivity index (χ4v) is 4.17. The number of halogens is 1. The van der Waals surface area contributed by atoms with Gasteiger partial charge in [-0.1, -0.05) is 29.8 Å². The number of methoxy groups -OCH3 is 1. The summed E-state index contributed by atoms with van der Waals surface area (Å²) in [7, 11) is 1.43. The Morgan fingerprint density at radius 3 is 2.57 bits per heavy atom. The number of hydrogen-bond acceptors (Lipinski definition) is 6. The molecular weight excluding hydrogens is 474 g/mol. The van der Waals surface area contributed by atoms with E-state index < -0.39 is 12.6 Å². The molecule has 156 valence electrons. The average molecular weight is 492 g/mol. The number of carboxylic acid groups (broad SMARTS) is 1. The van der Waals surface area contributed by atoms with Crippen molar-refractivity contribution in [2.45, 2.75) is 13.5 Å². The normalized spacial score (nSPS) is 15.0. The minimum Gasteiger partial charge on any atom is -0.493 e. The van der Waals surface area contributed by atoms with E-state index in [-0.39, 0.29) is 23.4 Å². The van der Waals surface area contributed by atoms with Crippen molar-refractivity contribution in [3.8, 4) is 11.5 Å². The third-order valence-corrected chi connectivity index (χ3v) is 5.72. The summed E-state index contributed by atoms with van der Waals surface area (Å²) in [5, 5.41) is 8.47. The fraction of sp³-hybridized carbons (Fsp3) is 0.190. The molecule has 1 aliphatic rings. The molecule has 1 fully saturated rings. The maximum atomic E-state index is 12.8. The van der Waals surface area contributed by atoms with E-state index in [0.29, 0.717) is 20.7 Å². The molecular formula is C21H18BrNO6S. The highest BCUT2D eigenvalue weighted by Gasteiger charge is 2.35. The molecule has 0 spiro atoms. The van der Waals surface area contributed by atoms with Crippen LogP contribution in [0.3, 0.4) is 0 Å². The lowest BCUT2D eigenvalue weighted by Crippen LogP contribution is -2.27. The predicted molar refractivity (Wildman–Crippen MR) is 117 cm³/mol. The van der Waals surface area contributed by atoms with Crippen molar-refractivity contribution in [3.05, 3.63) is 62.5 Å². The van der Waals surface area contributed by atoms with Gasteiger partial charge in [0.25, 0.3) is 11.1 Å². The molecule has 0 radical (unpaired) electrons. The molecule has 2 aromatic carbocycles. The quantitative estimate of drug-likeness (QED) is 0.571. The van der Waals surface area contributed by atoms with Gasteiger partial charge < -0.3 is 14.6 Å². The van der Waals surface area contributed by atoms with E-state index in [1.165, 1.54) is 12.0 Å². The molecule has 3 rings (SSSR count). The van der Waals surface area contributed by atoms with Gasteiger partial charge in [-0.25, -0.2) is 4.79 Å². The number of benzene rings is 2. The van der Waals surface area contributed by atoms with E-state index in [1.807, 2.05) is 31.2 Å². The zero-order valence-electron chi connectivity index (χ0n) is 16.2. The van der Waals surface area contributed by atoms with Gasteiger partial charge in [0.05, 0.1) is 23.0 Å². The van der Waals surface area contributed by atoms with E-state index in [2.05, 4.69) is 15.9 Å². The first-order valence-electron chi connectivity index (χ1n) is 8.81. The molecule has 2 aromatic rings. The Kier molecular flexibility index (Phi) is 6.84. The highest BCUT2D eigenvalue weighted by Crippen LogP contribution is 2.39. The molecule has 0 unspecified atom stereocenters. The van der Waals surface area contributed by atoms with Crippen LogP contribution in [0.4, 0.5) is 4.79 Å². The first kappa shape index (κ1) is 21.9. The lowest BCUT2D eigenvalue weighted by Gasteiger charge is -2.13. The Morgan fingerprint density at radius 1 is 1.23 bits per heavy atom. The van der Waals surface area contributed by atoms with E-state index in [9.17, 15) is 14.4 Å². The molecule has 30 heavy (non-hydrogen) atoms. The second kappa shape index (κ2) is 9.36. The monoisotopic (exact) mass is 491 g/mol. The summed E-state index contributed by atoms with van der Waals surface area (Å²) in [5.41, 5.74) is 2.57. The van der Waals surface area contributed by atoms with Crippen LogP contribution in [0.1, 0.15) is 16.7 Å². The van der Waals surface area contributed by atoms with Crippen LogP contribution in [0.15, 0.2) is 45.8 Å². The lowest BCUT2D eigenvalue weighted by atomic mass is 10.1. The summed E-state index contributed by atoms with van der Waals surface area (Å²) >= 11 is 4.20. The molecule has 0 atom stereocenters. The molecule has 1 aliphatic heterocycles. The third-order valence-electron chi connectivity index (χ3n) is 4.22. The number of thioether (sulfide) groups is 1. The number of imide groups is 1. The number of hydrogen-bond donors (Lipinski definition) is 1. The number of carbonyl (C=O) groups excluding carboxylic acids is 2. The van der Waals surface area contributed by atoms with Crippen LogP contribution in [-0.4, -0.2) is 40.8 Å². The zero-order valence-corrected chi connectivity index (χ0v) is 18.6. The van der Waals surface area contributed by atoms with Gasteiger partial charge in [0.2, 0.25) is 0 Å². The van der Waals surface area contributed by atoms with Crippen LogP contribution in [-0.2, 0) is 16.1 Å². The van der Waals surface area contributed by atoms with Crippen LogP contribution < -0.4 is 9.47 Å². The van der Waals surface area contributed by atoms with Crippen LogP contribution in [0.2, 0.25) is 0 Å². The van der Waals surface area contributed by atoms with Crippen molar-refractivity contribution >= 4 is 50.9 Å². The fourth-order valence-electron chi connectivity index (χ4n) is 2.76. The Hall–Kier alpha value is -2.78. The number of amides is 2. The molecule has 1 N–H and O–H groups in total. The number of carbonyl (C=O) groups is 3. The second-order valence-electron chi connectivity index (χ2n) is 6.47. The van der Waals surface area contributed by atoms with Gasteiger partial charge in [-0.05, 0) is 64.0 Å². The van der Waals surface area contributed by atoms with Crippen molar-refractivity contribution in [3.63, 3.8) is 0 Å². The number of aryl methyl sites for hydroxylation is 1. The van der Waals surface area contributed by atoms with Crippen LogP contribution in [0, 0.1) is 6.92 Å². The number of nitrogens with zero attached hydrogens (tertiary/aromatic N) is 1. The summed E-state index contributed by atoms with van der Waals surface area (Å²) in [6.45, 7) is 1.65. The Labute approximate surface area is 185 Å². The van der Waals surface area contributed by atoms with Crippen molar-refractivity contribution in [1.29, 1.82) is 0 Å². The summed E-state index contributed by atoms with van der Waals surface area (Å²) in [5.74, 6) is -0.942. The smallest absolute Gasteiger partial charge is 0.341 e. The first-order chi connectivity index (χ1) is 14.3. The van der Waals surface area contributed by atoms with Gasteiger partial charge in [-0.3, -0.25) is 14.5 Å². The Morgan fingerprint density at radius 2 is 1.93 bits per heavy atom. The van der Waals surface area contributed by atoms with E-state index in [4.69, 9.17) is 14.6 Å². The molecule has 1 heterocycles. The van der Waals surface area contributed by atoms with Crippen LogP contribution in [0.5, 0.6) is 11.5 Å². The Bertz CT molecular complexity index is 1030. The van der Waals surface area contributed by atoms with Crippen molar-refractivity contribution in [2.24, 2.45) is 0 Å². The molecule has 0 saturated carbocycles. The standard InChI is InChI=1S/C21H18BrNO6S/c1-12-3-5-13(6-4-12)10-23-20(26)17(30-21(23)27)9-14-7-15(22)19(16(8-14)28-2)29-11-18(24)25/h3-9H,10-11H2,1-2H3,(H,24,25)/b17-9-. The number of carboxylic acids is 1. The van der Waals surface area contributed by atoms with E-state index in [1.54, 1.807) is 18.2 Å². The zero-order chi connectivity index (χ0) is 21.8. The van der Waals surface area contributed by atoms with Gasteiger partial charge in [0.1, 0.15) is 0 Å². The van der Waals surface area contributed by atoms with Gasteiger partial charge in [0.15, 0.2) is 18.1 Å². The van der Waals surface area contributed by atoms with Crippen LogP contribution in [0.25, 0.3) is 6.08 Å². The molecule has 0 aliphatic carbocycles. The van der Waals surface area contributed by atoms with E-state index >= 15 is 0 Å². The predicted octanol–water partition coefficient (Wildman–Crippen LogP) is 4.47. The van der Waals surface area contributed by atoms with Crippen molar-refractivity contribution in [2.75, 3.05) is 13.7 Å². The van der Waals surface area contributed by atoms with E-state index in [0.717, 1.165) is 22.9 Å². The summed E-state index contributed by atoms with van der Waals surface area (Å²) < 4.78 is 11.0. The molecule has 7 nitrogen and oxygen atoms in total. The molecule has 0 bridgehead atoms. The van der Waals surface area contributed by atoms with Crippen molar-refractivity contribution in [1.82, 2.24) is 4.90 Å². The molecule has 0 aromatic heterocycles. The topological polar surface area (TPSA) is 93.1 Å². The van der Waals surface area contributed by atoms with Gasteiger partial charge in [-0.15, -0.1) is 0 Å². The average Bonchev–Trinajstić information content (AvgIpc) is 2.95. The number of aliphatic carboxylic acids is 1.